The monoisotopic (exact) mass is 339 g/mol. The molecule has 126 valence electrons. The third-order valence-electron chi connectivity index (χ3n) is 3.64. The van der Waals surface area contributed by atoms with E-state index in [0.29, 0.717) is 5.56 Å². The van der Waals surface area contributed by atoms with E-state index in [-0.39, 0.29) is 22.7 Å². The molecule has 1 amide bonds. The number of carbonyl (C=O) groups excluding carboxylic acids is 1. The van der Waals surface area contributed by atoms with Crippen LogP contribution in [0.4, 0.5) is 4.39 Å². The lowest BCUT2D eigenvalue weighted by Crippen LogP contribution is -2.25. The second-order valence-corrected chi connectivity index (χ2v) is 5.20. The predicted octanol–water partition coefficient (Wildman–Crippen LogP) is 2.15. The van der Waals surface area contributed by atoms with Crippen LogP contribution in [0.1, 0.15) is 10.4 Å². The summed E-state index contributed by atoms with van der Waals surface area (Å²) < 4.78 is 20.0. The number of hydrogen-bond acceptors (Lipinski definition) is 4. The summed E-state index contributed by atoms with van der Waals surface area (Å²) in [5.74, 6) is -1.33. The molecule has 0 spiro atoms. The first-order chi connectivity index (χ1) is 12.0. The molecule has 0 aliphatic carbocycles. The van der Waals surface area contributed by atoms with Crippen LogP contribution < -0.4 is 16.0 Å². The molecule has 25 heavy (non-hydrogen) atoms. The van der Waals surface area contributed by atoms with Gasteiger partial charge in [-0.2, -0.15) is 0 Å². The number of pyridine rings is 2. The van der Waals surface area contributed by atoms with Crippen molar-refractivity contribution in [2.75, 3.05) is 7.11 Å². The Morgan fingerprint density at radius 2 is 1.92 bits per heavy atom. The Labute approximate surface area is 142 Å². The third-order valence-corrected chi connectivity index (χ3v) is 3.64. The number of carbonyl (C=O) groups is 1. The van der Waals surface area contributed by atoms with Crippen LogP contribution >= 0.6 is 0 Å². The summed E-state index contributed by atoms with van der Waals surface area (Å²) in [7, 11) is 1.34. The van der Waals surface area contributed by atoms with Crippen LogP contribution in [-0.4, -0.2) is 22.6 Å². The molecule has 0 radical (unpaired) electrons. The second kappa shape index (κ2) is 6.56. The third kappa shape index (κ3) is 2.99. The Morgan fingerprint density at radius 1 is 1.20 bits per heavy atom. The zero-order valence-electron chi connectivity index (χ0n) is 13.3. The predicted molar refractivity (Wildman–Crippen MR) is 90.3 cm³/mol. The van der Waals surface area contributed by atoms with Crippen LogP contribution in [0.2, 0.25) is 0 Å². The number of aromatic nitrogens is 2. The molecule has 1 aromatic carbocycles. The number of hydrogen-bond donors (Lipinski definition) is 1. The van der Waals surface area contributed by atoms with Crippen molar-refractivity contribution in [3.63, 3.8) is 0 Å². The van der Waals surface area contributed by atoms with Crippen LogP contribution in [-0.2, 0) is 0 Å². The van der Waals surface area contributed by atoms with Crippen molar-refractivity contribution in [2.45, 2.75) is 0 Å². The summed E-state index contributed by atoms with van der Waals surface area (Å²) in [6.45, 7) is 0. The number of nitrogens with zero attached hydrogens (tertiary/aromatic N) is 2. The van der Waals surface area contributed by atoms with E-state index in [0.717, 1.165) is 18.3 Å². The van der Waals surface area contributed by atoms with Crippen molar-refractivity contribution in [3.05, 3.63) is 76.6 Å². The van der Waals surface area contributed by atoms with Gasteiger partial charge >= 0.3 is 0 Å². The molecule has 0 aliphatic heterocycles. The lowest BCUT2D eigenvalue weighted by atomic mass is 10.0. The van der Waals surface area contributed by atoms with Gasteiger partial charge < -0.3 is 10.5 Å². The van der Waals surface area contributed by atoms with Gasteiger partial charge in [0, 0.05) is 12.1 Å². The zero-order valence-corrected chi connectivity index (χ0v) is 13.3. The molecule has 2 heterocycles. The highest BCUT2D eigenvalue weighted by Gasteiger charge is 2.23. The van der Waals surface area contributed by atoms with Gasteiger partial charge in [0.25, 0.3) is 11.5 Å². The Bertz CT molecular complexity index is 1000. The normalized spacial score (nSPS) is 10.5. The molecular formula is C18H14FN3O3. The average Bonchev–Trinajstić information content (AvgIpc) is 2.61. The number of ether oxygens (including phenoxy) is 1. The number of methoxy groups -OCH3 is 1. The van der Waals surface area contributed by atoms with Crippen molar-refractivity contribution < 1.29 is 13.9 Å². The van der Waals surface area contributed by atoms with Gasteiger partial charge in [0.15, 0.2) is 0 Å². The summed E-state index contributed by atoms with van der Waals surface area (Å²) >= 11 is 0. The fraction of sp³-hybridized carbons (Fsp3) is 0.0556. The molecule has 2 N–H and O–H groups in total. The van der Waals surface area contributed by atoms with E-state index in [1.54, 1.807) is 30.3 Å². The van der Waals surface area contributed by atoms with Crippen molar-refractivity contribution in [1.29, 1.82) is 0 Å². The topological polar surface area (TPSA) is 87.2 Å². The van der Waals surface area contributed by atoms with E-state index in [9.17, 15) is 14.0 Å². The Morgan fingerprint density at radius 3 is 2.52 bits per heavy atom. The largest absolute Gasteiger partial charge is 0.496 e. The maximum atomic E-state index is 13.6. The SMILES string of the molecule is COc1cc(=O)n(-c2cncc(F)c2)c(-c2ccccc2)c1C(N)=O. The summed E-state index contributed by atoms with van der Waals surface area (Å²) in [6, 6.07) is 11.0. The quantitative estimate of drug-likeness (QED) is 0.789. The summed E-state index contributed by atoms with van der Waals surface area (Å²) in [4.78, 5) is 28.5. The summed E-state index contributed by atoms with van der Waals surface area (Å²) in [6.07, 6.45) is 2.35. The van der Waals surface area contributed by atoms with E-state index in [4.69, 9.17) is 10.5 Å². The molecule has 0 unspecified atom stereocenters. The van der Waals surface area contributed by atoms with Gasteiger partial charge in [-0.25, -0.2) is 4.39 Å². The van der Waals surface area contributed by atoms with Crippen LogP contribution in [0, 0.1) is 5.82 Å². The second-order valence-electron chi connectivity index (χ2n) is 5.20. The first kappa shape index (κ1) is 16.4. The molecule has 2 aromatic heterocycles. The molecule has 3 aromatic rings. The van der Waals surface area contributed by atoms with Gasteiger partial charge in [-0.05, 0) is 5.56 Å². The molecule has 3 rings (SSSR count). The van der Waals surface area contributed by atoms with Gasteiger partial charge in [-0.1, -0.05) is 30.3 Å². The first-order valence-electron chi connectivity index (χ1n) is 7.33. The standard InChI is InChI=1S/C18H14FN3O3/c1-25-14-8-15(23)22(13-7-12(19)9-21-10-13)17(16(14)18(20)24)11-5-3-2-4-6-11/h2-10H,1H3,(H2,20,24). The molecule has 0 bridgehead atoms. The molecule has 6 nitrogen and oxygen atoms in total. The molecule has 0 fully saturated rings. The number of benzene rings is 1. The maximum absolute atomic E-state index is 13.6. The van der Waals surface area contributed by atoms with Gasteiger partial charge in [-0.15, -0.1) is 0 Å². The van der Waals surface area contributed by atoms with Crippen molar-refractivity contribution in [3.8, 4) is 22.7 Å². The van der Waals surface area contributed by atoms with Crippen LogP contribution in [0.3, 0.4) is 0 Å². The summed E-state index contributed by atoms with van der Waals surface area (Å²) in [5.41, 5.74) is 5.99. The highest BCUT2D eigenvalue weighted by atomic mass is 19.1. The molecule has 0 atom stereocenters. The highest BCUT2D eigenvalue weighted by molar-refractivity contribution is 6.02. The zero-order chi connectivity index (χ0) is 18.0. The van der Waals surface area contributed by atoms with E-state index in [2.05, 4.69) is 4.98 Å². The minimum absolute atomic E-state index is 0.0255. The lowest BCUT2D eigenvalue weighted by molar-refractivity contribution is 0.0997. The van der Waals surface area contributed by atoms with Crippen LogP contribution in [0.15, 0.2) is 59.7 Å². The molecule has 0 saturated carbocycles. The number of nitrogens with two attached hydrogens (primary N) is 1. The lowest BCUT2D eigenvalue weighted by Gasteiger charge is -2.18. The van der Waals surface area contributed by atoms with Crippen LogP contribution in [0.25, 0.3) is 16.9 Å². The minimum atomic E-state index is -0.770. The minimum Gasteiger partial charge on any atom is -0.496 e. The van der Waals surface area contributed by atoms with Crippen molar-refractivity contribution in [2.24, 2.45) is 5.73 Å². The first-order valence-corrected chi connectivity index (χ1v) is 7.33. The average molecular weight is 339 g/mol. The number of rotatable bonds is 4. The van der Waals surface area contributed by atoms with E-state index < -0.39 is 17.3 Å². The number of amides is 1. The van der Waals surface area contributed by atoms with Crippen molar-refractivity contribution in [1.82, 2.24) is 9.55 Å². The Kier molecular flexibility index (Phi) is 4.30. The van der Waals surface area contributed by atoms with Gasteiger partial charge in [0.05, 0.1) is 30.9 Å². The Hall–Kier alpha value is -3.48. The van der Waals surface area contributed by atoms with Crippen LogP contribution in [0.5, 0.6) is 5.75 Å². The molecule has 7 heteroatoms. The van der Waals surface area contributed by atoms with Gasteiger partial charge in [0.2, 0.25) is 0 Å². The Balaban J connectivity index is 2.48. The van der Waals surface area contributed by atoms with Crippen molar-refractivity contribution >= 4 is 5.91 Å². The smallest absolute Gasteiger partial charge is 0.259 e. The van der Waals surface area contributed by atoms with E-state index in [1.807, 2.05) is 0 Å². The molecule has 0 aliphatic rings. The van der Waals surface area contributed by atoms with E-state index in [1.165, 1.54) is 17.9 Å². The number of halogens is 1. The fourth-order valence-corrected chi connectivity index (χ4v) is 2.64. The van der Waals surface area contributed by atoms with Gasteiger partial charge in [-0.3, -0.25) is 19.1 Å². The molecule has 0 saturated heterocycles. The summed E-state index contributed by atoms with van der Waals surface area (Å²) in [5, 5.41) is 0. The molecular weight excluding hydrogens is 325 g/mol. The fourth-order valence-electron chi connectivity index (χ4n) is 2.64. The van der Waals surface area contributed by atoms with E-state index >= 15 is 0 Å². The van der Waals surface area contributed by atoms with Gasteiger partial charge in [0.1, 0.15) is 17.1 Å². The number of primary amides is 1. The highest BCUT2D eigenvalue weighted by Crippen LogP contribution is 2.30. The maximum Gasteiger partial charge on any atom is 0.259 e.